The van der Waals surface area contributed by atoms with Gasteiger partial charge >= 0.3 is 0 Å². The normalized spacial score (nSPS) is 11.2. The first-order valence-electron chi connectivity index (χ1n) is 5.65. The average molecular weight is 223 g/mol. The minimum atomic E-state index is -0.0744. The molecule has 3 N–H and O–H groups in total. The Balaban J connectivity index is 2.79. The van der Waals surface area contributed by atoms with Crippen LogP contribution in [0.15, 0.2) is 18.3 Å². The topological polar surface area (TPSA) is 60.2 Å². The lowest BCUT2D eigenvalue weighted by Gasteiger charge is -2.27. The number of hydrogen-bond donors (Lipinski definition) is 2. The van der Waals surface area contributed by atoms with Crippen LogP contribution < -0.4 is 15.8 Å². The van der Waals surface area contributed by atoms with Gasteiger partial charge in [-0.3, -0.25) is 0 Å². The number of pyridine rings is 1. The van der Waals surface area contributed by atoms with E-state index in [1.807, 2.05) is 19.1 Å². The molecule has 0 fully saturated rings. The van der Waals surface area contributed by atoms with Crippen LogP contribution in [0.4, 0.5) is 5.82 Å². The second-order valence-electron chi connectivity index (χ2n) is 4.33. The molecule has 1 heterocycles. The third kappa shape index (κ3) is 3.70. The lowest BCUT2D eigenvalue weighted by Crippen LogP contribution is -2.34. The zero-order chi connectivity index (χ0) is 12.0. The van der Waals surface area contributed by atoms with Crippen LogP contribution in [-0.2, 0) is 0 Å². The van der Waals surface area contributed by atoms with Crippen molar-refractivity contribution in [2.45, 2.75) is 32.7 Å². The Labute approximate surface area is 97.2 Å². The van der Waals surface area contributed by atoms with E-state index in [1.165, 1.54) is 0 Å². The monoisotopic (exact) mass is 223 g/mol. The molecule has 90 valence electrons. The molecule has 0 atom stereocenters. The average Bonchev–Trinajstić information content (AvgIpc) is 2.20. The molecule has 16 heavy (non-hydrogen) atoms. The van der Waals surface area contributed by atoms with Gasteiger partial charge in [0.05, 0.1) is 6.61 Å². The van der Waals surface area contributed by atoms with Crippen LogP contribution in [0.2, 0.25) is 0 Å². The molecule has 0 aliphatic heterocycles. The van der Waals surface area contributed by atoms with E-state index in [2.05, 4.69) is 24.1 Å². The van der Waals surface area contributed by atoms with Crippen molar-refractivity contribution < 1.29 is 4.74 Å². The van der Waals surface area contributed by atoms with E-state index >= 15 is 0 Å². The first-order valence-corrected chi connectivity index (χ1v) is 5.65. The first kappa shape index (κ1) is 12.8. The van der Waals surface area contributed by atoms with Gasteiger partial charge in [0, 0.05) is 11.7 Å². The van der Waals surface area contributed by atoms with Crippen molar-refractivity contribution in [1.82, 2.24) is 4.98 Å². The van der Waals surface area contributed by atoms with Gasteiger partial charge in [-0.2, -0.15) is 0 Å². The molecule has 0 saturated carbocycles. The summed E-state index contributed by atoms with van der Waals surface area (Å²) >= 11 is 0. The lowest BCUT2D eigenvalue weighted by atomic mass is 10.0. The molecule has 0 saturated heterocycles. The molecule has 1 rings (SSSR count). The number of aromatic nitrogens is 1. The highest BCUT2D eigenvalue weighted by molar-refractivity contribution is 5.51. The third-order valence-corrected chi connectivity index (χ3v) is 2.30. The van der Waals surface area contributed by atoms with Gasteiger partial charge in [-0.05, 0) is 45.9 Å². The zero-order valence-corrected chi connectivity index (χ0v) is 10.3. The third-order valence-electron chi connectivity index (χ3n) is 2.30. The molecule has 0 aliphatic carbocycles. The van der Waals surface area contributed by atoms with Crippen LogP contribution in [-0.4, -0.2) is 23.7 Å². The summed E-state index contributed by atoms with van der Waals surface area (Å²) < 4.78 is 5.50. The fourth-order valence-corrected chi connectivity index (χ4v) is 1.50. The number of ether oxygens (including phenoxy) is 1. The molecule has 0 bridgehead atoms. The minimum Gasteiger partial charge on any atom is -0.490 e. The van der Waals surface area contributed by atoms with Gasteiger partial charge in [0.2, 0.25) is 0 Å². The molecule has 0 aromatic carbocycles. The molecular weight excluding hydrogens is 202 g/mol. The summed E-state index contributed by atoms with van der Waals surface area (Å²) in [5, 5.41) is 3.36. The maximum atomic E-state index is 5.57. The van der Waals surface area contributed by atoms with Crippen molar-refractivity contribution in [2.75, 3.05) is 18.5 Å². The van der Waals surface area contributed by atoms with Crippen LogP contribution >= 0.6 is 0 Å². The van der Waals surface area contributed by atoms with Crippen molar-refractivity contribution in [3.8, 4) is 5.75 Å². The largest absolute Gasteiger partial charge is 0.490 e. The highest BCUT2D eigenvalue weighted by Crippen LogP contribution is 2.25. The van der Waals surface area contributed by atoms with Crippen molar-refractivity contribution in [2.24, 2.45) is 5.73 Å². The van der Waals surface area contributed by atoms with E-state index in [0.29, 0.717) is 13.2 Å². The Bertz CT molecular complexity index is 326. The summed E-state index contributed by atoms with van der Waals surface area (Å²) in [7, 11) is 0. The van der Waals surface area contributed by atoms with E-state index in [1.54, 1.807) is 6.20 Å². The van der Waals surface area contributed by atoms with E-state index < -0.39 is 0 Å². The standard InChI is InChI=1S/C12H21N3O/c1-4-16-10-6-5-9-14-11(10)15-12(2,3)7-8-13/h5-6,9H,4,7-8,13H2,1-3H3,(H,14,15). The molecule has 0 amide bonds. The summed E-state index contributed by atoms with van der Waals surface area (Å²) in [4.78, 5) is 4.29. The summed E-state index contributed by atoms with van der Waals surface area (Å²) in [6.45, 7) is 7.45. The van der Waals surface area contributed by atoms with Crippen molar-refractivity contribution >= 4 is 5.82 Å². The quantitative estimate of drug-likeness (QED) is 0.774. The van der Waals surface area contributed by atoms with E-state index in [-0.39, 0.29) is 5.54 Å². The molecule has 1 aromatic rings. The number of nitrogens with two attached hydrogens (primary N) is 1. The Morgan fingerprint density at radius 1 is 1.50 bits per heavy atom. The summed E-state index contributed by atoms with van der Waals surface area (Å²) in [5.41, 5.74) is 5.50. The molecule has 0 aliphatic rings. The number of nitrogens with one attached hydrogen (secondary N) is 1. The van der Waals surface area contributed by atoms with Gasteiger partial charge in [0.25, 0.3) is 0 Å². The lowest BCUT2D eigenvalue weighted by molar-refractivity contribution is 0.339. The summed E-state index contributed by atoms with van der Waals surface area (Å²) in [6.07, 6.45) is 2.64. The summed E-state index contributed by atoms with van der Waals surface area (Å²) in [5.74, 6) is 1.57. The Morgan fingerprint density at radius 3 is 2.88 bits per heavy atom. The van der Waals surface area contributed by atoms with Crippen molar-refractivity contribution in [1.29, 1.82) is 0 Å². The van der Waals surface area contributed by atoms with Gasteiger partial charge in [-0.25, -0.2) is 4.98 Å². The molecular formula is C12H21N3O. The van der Waals surface area contributed by atoms with Gasteiger partial charge in [-0.1, -0.05) is 0 Å². The summed E-state index contributed by atoms with van der Waals surface area (Å²) in [6, 6.07) is 3.78. The second kappa shape index (κ2) is 5.70. The number of rotatable bonds is 6. The van der Waals surface area contributed by atoms with Crippen molar-refractivity contribution in [3.05, 3.63) is 18.3 Å². The predicted octanol–water partition coefficient (Wildman–Crippen LogP) is 2.02. The maximum Gasteiger partial charge on any atom is 0.169 e. The molecule has 4 nitrogen and oxygen atoms in total. The van der Waals surface area contributed by atoms with Crippen LogP contribution in [0.5, 0.6) is 5.75 Å². The number of hydrogen-bond acceptors (Lipinski definition) is 4. The number of nitrogens with zero attached hydrogens (tertiary/aromatic N) is 1. The van der Waals surface area contributed by atoms with Crippen LogP contribution in [0, 0.1) is 0 Å². The second-order valence-corrected chi connectivity index (χ2v) is 4.33. The van der Waals surface area contributed by atoms with E-state index in [4.69, 9.17) is 10.5 Å². The fourth-order valence-electron chi connectivity index (χ4n) is 1.50. The molecule has 1 aromatic heterocycles. The van der Waals surface area contributed by atoms with Crippen LogP contribution in [0.3, 0.4) is 0 Å². The Hall–Kier alpha value is -1.29. The predicted molar refractivity (Wildman–Crippen MR) is 66.8 cm³/mol. The first-order chi connectivity index (χ1) is 7.59. The van der Waals surface area contributed by atoms with Gasteiger partial charge < -0.3 is 15.8 Å². The smallest absolute Gasteiger partial charge is 0.169 e. The highest BCUT2D eigenvalue weighted by atomic mass is 16.5. The SMILES string of the molecule is CCOc1cccnc1NC(C)(C)CCN. The maximum absolute atomic E-state index is 5.57. The highest BCUT2D eigenvalue weighted by Gasteiger charge is 2.18. The van der Waals surface area contributed by atoms with Gasteiger partial charge in [-0.15, -0.1) is 0 Å². The van der Waals surface area contributed by atoms with Gasteiger partial charge in [0.1, 0.15) is 0 Å². The Kier molecular flexibility index (Phi) is 4.55. The molecule has 0 unspecified atom stereocenters. The van der Waals surface area contributed by atoms with Crippen LogP contribution in [0.1, 0.15) is 27.2 Å². The molecule has 0 radical (unpaired) electrons. The molecule has 0 spiro atoms. The van der Waals surface area contributed by atoms with Crippen molar-refractivity contribution in [3.63, 3.8) is 0 Å². The zero-order valence-electron chi connectivity index (χ0n) is 10.3. The van der Waals surface area contributed by atoms with Gasteiger partial charge in [0.15, 0.2) is 11.6 Å². The minimum absolute atomic E-state index is 0.0744. The van der Waals surface area contributed by atoms with E-state index in [9.17, 15) is 0 Å². The van der Waals surface area contributed by atoms with Crippen LogP contribution in [0.25, 0.3) is 0 Å². The van der Waals surface area contributed by atoms with E-state index in [0.717, 1.165) is 18.0 Å². The molecule has 4 heteroatoms. The fraction of sp³-hybridized carbons (Fsp3) is 0.583. The Morgan fingerprint density at radius 2 is 2.25 bits per heavy atom. The number of anilines is 1.